The molecule has 0 saturated carbocycles. The molecule has 0 aliphatic heterocycles. The fourth-order valence-electron chi connectivity index (χ4n) is 1.91. The number of thiophene rings is 1. The Morgan fingerprint density at radius 2 is 2.22 bits per heavy atom. The van der Waals surface area contributed by atoms with Crippen LogP contribution in [0, 0.1) is 0 Å². The van der Waals surface area contributed by atoms with E-state index in [1.165, 1.54) is 16.0 Å². The second-order valence-corrected chi connectivity index (χ2v) is 5.75. The first-order valence-electron chi connectivity index (χ1n) is 6.49. The molecule has 0 aliphatic rings. The molecular weight excluding hydrogens is 242 g/mol. The monoisotopic (exact) mass is 263 g/mol. The Morgan fingerprint density at radius 1 is 1.39 bits per heavy atom. The average molecular weight is 263 g/mol. The summed E-state index contributed by atoms with van der Waals surface area (Å²) < 4.78 is 2.00. The van der Waals surface area contributed by atoms with Crippen molar-refractivity contribution in [3.8, 4) is 0 Å². The zero-order valence-corrected chi connectivity index (χ0v) is 12.1. The molecule has 18 heavy (non-hydrogen) atoms. The van der Waals surface area contributed by atoms with Gasteiger partial charge in [-0.05, 0) is 37.3 Å². The van der Waals surface area contributed by atoms with Gasteiger partial charge in [0.15, 0.2) is 0 Å². The lowest BCUT2D eigenvalue weighted by Gasteiger charge is -2.04. The molecule has 2 aromatic rings. The van der Waals surface area contributed by atoms with Crippen LogP contribution in [0.3, 0.4) is 0 Å². The van der Waals surface area contributed by atoms with E-state index in [9.17, 15) is 0 Å². The van der Waals surface area contributed by atoms with Gasteiger partial charge in [0.05, 0.1) is 6.20 Å². The Balaban J connectivity index is 1.84. The van der Waals surface area contributed by atoms with Gasteiger partial charge in [-0.3, -0.25) is 4.68 Å². The van der Waals surface area contributed by atoms with E-state index in [4.69, 9.17) is 0 Å². The molecule has 4 heteroatoms. The summed E-state index contributed by atoms with van der Waals surface area (Å²) in [4.78, 5) is 1.45. The molecule has 0 amide bonds. The normalized spacial score (nSPS) is 11.3. The maximum atomic E-state index is 4.34. The third-order valence-electron chi connectivity index (χ3n) is 3.02. The van der Waals surface area contributed by atoms with Crippen molar-refractivity contribution < 1.29 is 0 Å². The molecule has 0 radical (unpaired) electrons. The average Bonchev–Trinajstić information content (AvgIpc) is 2.97. The molecule has 0 saturated heterocycles. The van der Waals surface area contributed by atoms with Crippen LogP contribution >= 0.6 is 11.3 Å². The number of rotatable bonds is 6. The first-order valence-corrected chi connectivity index (χ1v) is 7.37. The second-order valence-electron chi connectivity index (χ2n) is 4.75. The summed E-state index contributed by atoms with van der Waals surface area (Å²) in [6.45, 7) is 8.33. The standard InChI is InChI=1S/C14H21N3S/c1-4-13-5-6-18-14(13)9-15-7-12-8-16-17(10-12)11(2)3/h5-6,8,10-11,15H,4,7,9H2,1-3H3. The van der Waals surface area contributed by atoms with E-state index in [2.05, 4.69) is 48.8 Å². The summed E-state index contributed by atoms with van der Waals surface area (Å²) >= 11 is 1.84. The van der Waals surface area contributed by atoms with Crippen LogP contribution in [0.4, 0.5) is 0 Å². The van der Waals surface area contributed by atoms with Crippen LogP contribution in [0.2, 0.25) is 0 Å². The van der Waals surface area contributed by atoms with Crippen molar-refractivity contribution in [2.24, 2.45) is 0 Å². The minimum Gasteiger partial charge on any atom is -0.308 e. The smallest absolute Gasteiger partial charge is 0.0534 e. The number of aromatic nitrogens is 2. The van der Waals surface area contributed by atoms with Crippen molar-refractivity contribution in [1.82, 2.24) is 15.1 Å². The Labute approximate surface area is 113 Å². The van der Waals surface area contributed by atoms with Gasteiger partial charge in [0.2, 0.25) is 0 Å². The fraction of sp³-hybridized carbons (Fsp3) is 0.500. The van der Waals surface area contributed by atoms with Crippen LogP contribution in [0.1, 0.15) is 42.8 Å². The summed E-state index contributed by atoms with van der Waals surface area (Å²) in [5.74, 6) is 0. The predicted molar refractivity (Wildman–Crippen MR) is 76.9 cm³/mol. The summed E-state index contributed by atoms with van der Waals surface area (Å²) in [5, 5.41) is 10.0. The van der Waals surface area contributed by atoms with E-state index in [0.29, 0.717) is 6.04 Å². The summed E-state index contributed by atoms with van der Waals surface area (Å²) in [6, 6.07) is 2.65. The molecule has 98 valence electrons. The molecule has 0 unspecified atom stereocenters. The minimum absolute atomic E-state index is 0.433. The molecule has 3 nitrogen and oxygen atoms in total. The Bertz CT molecular complexity index is 485. The molecule has 0 atom stereocenters. The van der Waals surface area contributed by atoms with Crippen LogP contribution in [0.15, 0.2) is 23.8 Å². The van der Waals surface area contributed by atoms with E-state index in [1.54, 1.807) is 0 Å². The fourth-order valence-corrected chi connectivity index (χ4v) is 2.85. The van der Waals surface area contributed by atoms with Gasteiger partial charge in [0.1, 0.15) is 0 Å². The first kappa shape index (κ1) is 13.3. The quantitative estimate of drug-likeness (QED) is 0.866. The minimum atomic E-state index is 0.433. The first-order chi connectivity index (χ1) is 8.70. The van der Waals surface area contributed by atoms with Crippen LogP contribution < -0.4 is 5.32 Å². The molecule has 0 bridgehead atoms. The van der Waals surface area contributed by atoms with Crippen LogP contribution in [-0.4, -0.2) is 9.78 Å². The Hall–Kier alpha value is -1.13. The van der Waals surface area contributed by atoms with Crippen molar-refractivity contribution in [2.45, 2.75) is 46.3 Å². The summed E-state index contributed by atoms with van der Waals surface area (Å²) in [6.07, 6.45) is 5.18. The van der Waals surface area contributed by atoms with Gasteiger partial charge in [-0.15, -0.1) is 11.3 Å². The number of nitrogens with zero attached hydrogens (tertiary/aromatic N) is 2. The van der Waals surface area contributed by atoms with Crippen molar-refractivity contribution in [3.05, 3.63) is 39.8 Å². The van der Waals surface area contributed by atoms with Gasteiger partial charge in [0, 0.05) is 35.8 Å². The molecule has 0 spiro atoms. The predicted octanol–water partition coefficient (Wildman–Crippen LogP) is 3.38. The lowest BCUT2D eigenvalue weighted by Crippen LogP contribution is -2.12. The molecular formula is C14H21N3S. The number of hydrogen-bond acceptors (Lipinski definition) is 3. The number of nitrogens with one attached hydrogen (secondary N) is 1. The molecule has 0 fully saturated rings. The van der Waals surface area contributed by atoms with E-state index in [1.807, 2.05) is 22.2 Å². The van der Waals surface area contributed by atoms with E-state index >= 15 is 0 Å². The molecule has 0 aromatic carbocycles. The van der Waals surface area contributed by atoms with Crippen LogP contribution in [-0.2, 0) is 19.5 Å². The van der Waals surface area contributed by atoms with Crippen molar-refractivity contribution >= 4 is 11.3 Å². The highest BCUT2D eigenvalue weighted by molar-refractivity contribution is 7.10. The summed E-state index contributed by atoms with van der Waals surface area (Å²) in [5.41, 5.74) is 2.71. The highest BCUT2D eigenvalue weighted by Gasteiger charge is 2.04. The molecule has 2 aromatic heterocycles. The van der Waals surface area contributed by atoms with Gasteiger partial charge in [-0.1, -0.05) is 6.92 Å². The molecule has 0 aliphatic carbocycles. The van der Waals surface area contributed by atoms with Gasteiger partial charge in [0.25, 0.3) is 0 Å². The zero-order valence-electron chi connectivity index (χ0n) is 11.3. The maximum Gasteiger partial charge on any atom is 0.0534 e. The van der Waals surface area contributed by atoms with Crippen molar-refractivity contribution in [1.29, 1.82) is 0 Å². The zero-order chi connectivity index (χ0) is 13.0. The number of aryl methyl sites for hydroxylation is 1. The summed E-state index contributed by atoms with van der Waals surface area (Å²) in [7, 11) is 0. The Kier molecular flexibility index (Phi) is 4.55. The maximum absolute atomic E-state index is 4.34. The van der Waals surface area contributed by atoms with Crippen LogP contribution in [0.5, 0.6) is 0 Å². The largest absolute Gasteiger partial charge is 0.308 e. The molecule has 1 N–H and O–H groups in total. The molecule has 2 heterocycles. The molecule has 2 rings (SSSR count). The topological polar surface area (TPSA) is 29.9 Å². The lowest BCUT2D eigenvalue weighted by molar-refractivity contribution is 0.531. The highest BCUT2D eigenvalue weighted by Crippen LogP contribution is 2.17. The van der Waals surface area contributed by atoms with Crippen LogP contribution in [0.25, 0.3) is 0 Å². The van der Waals surface area contributed by atoms with Gasteiger partial charge >= 0.3 is 0 Å². The van der Waals surface area contributed by atoms with E-state index < -0.39 is 0 Å². The van der Waals surface area contributed by atoms with Gasteiger partial charge in [-0.25, -0.2) is 0 Å². The SMILES string of the molecule is CCc1ccsc1CNCc1cnn(C(C)C)c1. The van der Waals surface area contributed by atoms with Crippen molar-refractivity contribution in [2.75, 3.05) is 0 Å². The lowest BCUT2D eigenvalue weighted by atomic mass is 10.2. The number of hydrogen-bond donors (Lipinski definition) is 1. The highest BCUT2D eigenvalue weighted by atomic mass is 32.1. The third-order valence-corrected chi connectivity index (χ3v) is 3.98. The third kappa shape index (κ3) is 3.21. The van der Waals surface area contributed by atoms with E-state index in [-0.39, 0.29) is 0 Å². The second kappa shape index (κ2) is 6.16. The van der Waals surface area contributed by atoms with Crippen molar-refractivity contribution in [3.63, 3.8) is 0 Å². The van der Waals surface area contributed by atoms with E-state index in [0.717, 1.165) is 19.5 Å². The Morgan fingerprint density at radius 3 is 2.89 bits per heavy atom. The van der Waals surface area contributed by atoms with Gasteiger partial charge < -0.3 is 5.32 Å². The van der Waals surface area contributed by atoms with Gasteiger partial charge in [-0.2, -0.15) is 5.10 Å².